The number of hydrogen-bond acceptors (Lipinski definition) is 3. The van der Waals surface area contributed by atoms with E-state index in [1.165, 1.54) is 0 Å². The standard InChI is InChI=1S/C13H19FN2O3S/c1-8(2)6-9(3)16-13(17)11-7-10(20(15,18)19)4-5-12(11)14/h4-5,7-9H,6H2,1-3H3,(H,16,17)(H2,15,18,19). The van der Waals surface area contributed by atoms with Crippen molar-refractivity contribution in [2.75, 3.05) is 0 Å². The van der Waals surface area contributed by atoms with Crippen molar-refractivity contribution < 1.29 is 17.6 Å². The molecule has 1 unspecified atom stereocenters. The molecule has 20 heavy (non-hydrogen) atoms. The van der Waals surface area contributed by atoms with Crippen LogP contribution < -0.4 is 10.5 Å². The predicted octanol–water partition coefficient (Wildman–Crippen LogP) is 1.64. The predicted molar refractivity (Wildman–Crippen MR) is 74.2 cm³/mol. The average Bonchev–Trinajstić information content (AvgIpc) is 2.26. The minimum absolute atomic E-state index is 0.139. The number of carbonyl (C=O) groups is 1. The van der Waals surface area contributed by atoms with Crippen LogP contribution in [0.3, 0.4) is 0 Å². The normalized spacial score (nSPS) is 13.3. The molecule has 0 aliphatic rings. The molecule has 112 valence electrons. The van der Waals surface area contributed by atoms with E-state index in [0.717, 1.165) is 24.6 Å². The van der Waals surface area contributed by atoms with E-state index >= 15 is 0 Å². The summed E-state index contributed by atoms with van der Waals surface area (Å²) in [6, 6.07) is 2.75. The number of carbonyl (C=O) groups excluding carboxylic acids is 1. The van der Waals surface area contributed by atoms with Gasteiger partial charge in [-0.2, -0.15) is 0 Å². The second-order valence-corrected chi connectivity index (χ2v) is 6.75. The van der Waals surface area contributed by atoms with Gasteiger partial charge in [0.1, 0.15) is 5.82 Å². The molecular weight excluding hydrogens is 283 g/mol. The van der Waals surface area contributed by atoms with Crippen LogP contribution in [0.2, 0.25) is 0 Å². The number of hydrogen-bond donors (Lipinski definition) is 2. The Hall–Kier alpha value is -1.47. The SMILES string of the molecule is CC(C)CC(C)NC(=O)c1cc(S(N)(=O)=O)ccc1F. The van der Waals surface area contributed by atoms with E-state index in [0.29, 0.717) is 5.92 Å². The lowest BCUT2D eigenvalue weighted by molar-refractivity contribution is 0.0932. The lowest BCUT2D eigenvalue weighted by Gasteiger charge is -2.16. The molecule has 5 nitrogen and oxygen atoms in total. The summed E-state index contributed by atoms with van der Waals surface area (Å²) < 4.78 is 36.0. The van der Waals surface area contributed by atoms with Crippen molar-refractivity contribution in [3.8, 4) is 0 Å². The van der Waals surface area contributed by atoms with E-state index in [-0.39, 0.29) is 16.5 Å². The largest absolute Gasteiger partial charge is 0.349 e. The number of primary sulfonamides is 1. The third kappa shape index (κ3) is 4.57. The molecule has 0 bridgehead atoms. The third-order valence-electron chi connectivity index (χ3n) is 2.71. The third-order valence-corrected chi connectivity index (χ3v) is 3.62. The summed E-state index contributed by atoms with van der Waals surface area (Å²) in [6.07, 6.45) is 0.738. The van der Waals surface area contributed by atoms with Crippen LogP contribution in [0, 0.1) is 11.7 Å². The first kappa shape index (κ1) is 16.6. The van der Waals surface area contributed by atoms with Crippen molar-refractivity contribution in [1.29, 1.82) is 0 Å². The maximum Gasteiger partial charge on any atom is 0.254 e. The van der Waals surface area contributed by atoms with Gasteiger partial charge in [-0.1, -0.05) is 13.8 Å². The maximum absolute atomic E-state index is 13.6. The molecule has 0 spiro atoms. The Bertz CT molecular complexity index is 600. The van der Waals surface area contributed by atoms with Crippen molar-refractivity contribution in [3.63, 3.8) is 0 Å². The molecule has 0 aliphatic carbocycles. The van der Waals surface area contributed by atoms with E-state index in [9.17, 15) is 17.6 Å². The van der Waals surface area contributed by atoms with Crippen LogP contribution in [-0.2, 0) is 10.0 Å². The Kier molecular flexibility index (Phi) is 5.24. The first-order chi connectivity index (χ1) is 9.11. The number of nitrogens with two attached hydrogens (primary N) is 1. The van der Waals surface area contributed by atoms with E-state index in [2.05, 4.69) is 5.32 Å². The molecular formula is C13H19FN2O3S. The van der Waals surface area contributed by atoms with Gasteiger partial charge in [0.25, 0.3) is 5.91 Å². The van der Waals surface area contributed by atoms with Crippen molar-refractivity contribution >= 4 is 15.9 Å². The maximum atomic E-state index is 13.6. The van der Waals surface area contributed by atoms with Gasteiger partial charge in [0.15, 0.2) is 0 Å². The molecule has 0 aliphatic heterocycles. The Morgan fingerprint density at radius 3 is 2.45 bits per heavy atom. The monoisotopic (exact) mass is 302 g/mol. The highest BCUT2D eigenvalue weighted by Crippen LogP contribution is 2.14. The van der Waals surface area contributed by atoms with Gasteiger partial charge in [0.2, 0.25) is 10.0 Å². The molecule has 0 aromatic heterocycles. The lowest BCUT2D eigenvalue weighted by atomic mass is 10.0. The molecule has 1 amide bonds. The molecule has 1 aromatic carbocycles. The molecule has 0 saturated heterocycles. The number of amides is 1. The van der Waals surface area contributed by atoms with Crippen molar-refractivity contribution in [2.24, 2.45) is 11.1 Å². The highest BCUT2D eigenvalue weighted by molar-refractivity contribution is 7.89. The summed E-state index contributed by atoms with van der Waals surface area (Å²) in [5, 5.41) is 7.59. The molecule has 7 heteroatoms. The zero-order valence-corrected chi connectivity index (χ0v) is 12.5. The minimum Gasteiger partial charge on any atom is -0.349 e. The Balaban J connectivity index is 2.98. The number of nitrogens with one attached hydrogen (secondary N) is 1. The first-order valence-corrected chi connectivity index (χ1v) is 7.79. The van der Waals surface area contributed by atoms with Crippen molar-refractivity contribution in [3.05, 3.63) is 29.6 Å². The Labute approximate surface area is 118 Å². The van der Waals surface area contributed by atoms with E-state index in [1.807, 2.05) is 13.8 Å². The summed E-state index contributed by atoms with van der Waals surface area (Å²) in [6.45, 7) is 5.81. The van der Waals surface area contributed by atoms with Crippen LogP contribution in [-0.4, -0.2) is 20.4 Å². The van der Waals surface area contributed by atoms with Gasteiger partial charge in [-0.25, -0.2) is 17.9 Å². The zero-order valence-electron chi connectivity index (χ0n) is 11.7. The van der Waals surface area contributed by atoms with Crippen LogP contribution in [0.4, 0.5) is 4.39 Å². The van der Waals surface area contributed by atoms with Gasteiger partial charge in [0, 0.05) is 6.04 Å². The first-order valence-electron chi connectivity index (χ1n) is 6.24. The summed E-state index contributed by atoms with van der Waals surface area (Å²) in [4.78, 5) is 11.7. The smallest absolute Gasteiger partial charge is 0.254 e. The zero-order chi connectivity index (χ0) is 15.5. The van der Waals surface area contributed by atoms with Gasteiger partial charge in [0.05, 0.1) is 10.5 Å². The summed E-state index contributed by atoms with van der Waals surface area (Å²) in [5.74, 6) is -1.06. The van der Waals surface area contributed by atoms with Gasteiger partial charge >= 0.3 is 0 Å². The fourth-order valence-corrected chi connectivity index (χ4v) is 2.46. The Morgan fingerprint density at radius 1 is 1.35 bits per heavy atom. The van der Waals surface area contributed by atoms with E-state index in [1.54, 1.807) is 6.92 Å². The fourth-order valence-electron chi connectivity index (χ4n) is 1.92. The van der Waals surface area contributed by atoms with Gasteiger partial charge in [-0.15, -0.1) is 0 Å². The highest BCUT2D eigenvalue weighted by Gasteiger charge is 2.18. The quantitative estimate of drug-likeness (QED) is 0.866. The van der Waals surface area contributed by atoms with E-state index < -0.39 is 21.7 Å². The average molecular weight is 302 g/mol. The van der Waals surface area contributed by atoms with E-state index in [4.69, 9.17) is 5.14 Å². The molecule has 1 atom stereocenters. The number of rotatable bonds is 5. The Morgan fingerprint density at radius 2 is 1.95 bits per heavy atom. The van der Waals surface area contributed by atoms with Crippen molar-refractivity contribution in [1.82, 2.24) is 5.32 Å². The minimum atomic E-state index is -3.97. The molecule has 0 radical (unpaired) electrons. The summed E-state index contributed by atoms with van der Waals surface area (Å²) >= 11 is 0. The molecule has 0 heterocycles. The molecule has 0 saturated carbocycles. The lowest BCUT2D eigenvalue weighted by Crippen LogP contribution is -2.34. The van der Waals surface area contributed by atoms with Crippen LogP contribution in [0.15, 0.2) is 23.1 Å². The molecule has 1 aromatic rings. The highest BCUT2D eigenvalue weighted by atomic mass is 32.2. The second-order valence-electron chi connectivity index (χ2n) is 5.19. The number of sulfonamides is 1. The van der Waals surface area contributed by atoms with Crippen molar-refractivity contribution in [2.45, 2.75) is 38.1 Å². The number of benzene rings is 1. The second kappa shape index (κ2) is 6.32. The fraction of sp³-hybridized carbons (Fsp3) is 0.462. The van der Waals surface area contributed by atoms with Gasteiger partial charge < -0.3 is 5.32 Å². The molecule has 1 rings (SSSR count). The number of halogens is 1. The van der Waals surface area contributed by atoms with Gasteiger partial charge in [-0.05, 0) is 37.5 Å². The van der Waals surface area contributed by atoms with Crippen LogP contribution in [0.1, 0.15) is 37.6 Å². The van der Waals surface area contributed by atoms with Crippen LogP contribution >= 0.6 is 0 Å². The molecule has 0 fully saturated rings. The van der Waals surface area contributed by atoms with Gasteiger partial charge in [-0.3, -0.25) is 4.79 Å². The van der Waals surface area contributed by atoms with Crippen LogP contribution in [0.5, 0.6) is 0 Å². The topological polar surface area (TPSA) is 89.3 Å². The van der Waals surface area contributed by atoms with Crippen LogP contribution in [0.25, 0.3) is 0 Å². The summed E-state index contributed by atoms with van der Waals surface area (Å²) in [5.41, 5.74) is -0.327. The summed E-state index contributed by atoms with van der Waals surface area (Å²) in [7, 11) is -3.97. The molecule has 3 N–H and O–H groups in total.